The van der Waals surface area contributed by atoms with Gasteiger partial charge in [-0.05, 0) is 52.1 Å². The third-order valence-electron chi connectivity index (χ3n) is 13.9. The van der Waals surface area contributed by atoms with Crippen molar-refractivity contribution in [2.75, 3.05) is 0 Å². The van der Waals surface area contributed by atoms with E-state index in [1.165, 1.54) is 27.8 Å². The molecule has 0 N–H and O–H groups in total. The maximum atomic E-state index is 14.2. The van der Waals surface area contributed by atoms with Crippen molar-refractivity contribution in [1.29, 1.82) is 0 Å². The lowest BCUT2D eigenvalue weighted by atomic mass is 9.12. The number of aromatic nitrogens is 1. The Morgan fingerprint density at radius 2 is 0.576 bits per heavy atom. The fourth-order valence-electron chi connectivity index (χ4n) is 10.2. The van der Waals surface area contributed by atoms with Gasteiger partial charge >= 0.3 is 49.4 Å². The number of halogens is 24. The van der Waals surface area contributed by atoms with E-state index in [1.54, 1.807) is 0 Å². The first-order chi connectivity index (χ1) is 39.1. The van der Waals surface area contributed by atoms with Crippen LogP contribution in [0.25, 0.3) is 11.1 Å². The largest absolute Gasteiger partial charge is 0.416 e. The van der Waals surface area contributed by atoms with Gasteiger partial charge in [-0.3, -0.25) is 4.79 Å². The van der Waals surface area contributed by atoms with Crippen molar-refractivity contribution in [3.05, 3.63) is 243 Å². The van der Waals surface area contributed by atoms with Crippen molar-refractivity contribution in [3.63, 3.8) is 0 Å². The van der Waals surface area contributed by atoms with Crippen LogP contribution in [0.5, 0.6) is 0 Å². The number of carbonyl (C=O) groups is 1. The quantitative estimate of drug-likeness (QED) is 0.0643. The standard InChI is InChI=1S/C32H12BF24.C26H20NO/c34-25(35,36)13-1-14(26(37,38)39)6-21(5-13)33(22-7-15(27(40,41)42)2-16(8-22)28(43,44)45,23-9-17(29(46,47)48)3-18(10-23)30(49,50)51)24-11-19(31(52,53)54)4-20(12-24)32(55,56)57;28-25(19-8-2-1-3-9-19)18-27-16-14-20(15-17-27)26-23-12-6-4-10-21(23)22-11-5-7-13-24(22)26/h1-12H;1-17,26H,18H2/q-1;+1. The van der Waals surface area contributed by atoms with Crippen LogP contribution >= 0.6 is 0 Å². The van der Waals surface area contributed by atoms with Crippen LogP contribution in [0.4, 0.5) is 105 Å². The van der Waals surface area contributed by atoms with Crippen LogP contribution in [0.15, 0.2) is 176 Å². The zero-order valence-electron chi connectivity index (χ0n) is 42.0. The molecule has 1 heterocycles. The fraction of sp³-hybridized carbons (Fsp3) is 0.172. The van der Waals surface area contributed by atoms with Gasteiger partial charge in [-0.25, -0.2) is 0 Å². The lowest BCUT2D eigenvalue weighted by Gasteiger charge is -2.46. The first-order valence-corrected chi connectivity index (χ1v) is 24.2. The smallest absolute Gasteiger partial charge is 0.287 e. The molecule has 0 saturated carbocycles. The summed E-state index contributed by atoms with van der Waals surface area (Å²) in [4.78, 5) is 12.5. The molecule has 0 saturated heterocycles. The van der Waals surface area contributed by atoms with Gasteiger partial charge in [-0.15, -0.1) is 0 Å². The highest BCUT2D eigenvalue weighted by Gasteiger charge is 2.47. The first-order valence-electron chi connectivity index (χ1n) is 24.2. The number of fused-ring (bicyclic) bond motifs is 3. The molecule has 85 heavy (non-hydrogen) atoms. The molecule has 1 aromatic heterocycles. The zero-order chi connectivity index (χ0) is 62.8. The molecule has 0 spiro atoms. The van der Waals surface area contributed by atoms with Gasteiger partial charge in [0.1, 0.15) is 6.15 Å². The second kappa shape index (κ2) is 22.0. The van der Waals surface area contributed by atoms with E-state index in [-0.39, 0.29) is 11.7 Å². The normalized spacial score (nSPS) is 13.7. The minimum Gasteiger partial charge on any atom is -0.287 e. The SMILES string of the molecule is FC(F)(F)c1cc([B-](c2cc(C(F)(F)F)cc(C(F)(F)F)c2)(c2cc(C(F)(F)F)cc(C(F)(F)F)c2)c2cc(C(F)(F)F)cc(C(F)(F)F)c2)cc(C(F)(F)F)c1.O=C(C[n+]1ccc(C2c3ccccc3-c3ccccc32)cc1)c1ccccc1. The highest BCUT2D eigenvalue weighted by atomic mass is 19.4. The second-order valence-electron chi connectivity index (χ2n) is 19.4. The Labute approximate surface area is 463 Å². The second-order valence-corrected chi connectivity index (χ2v) is 19.4. The lowest BCUT2D eigenvalue weighted by Crippen LogP contribution is -2.75. The van der Waals surface area contributed by atoms with Crippen molar-refractivity contribution < 1.29 is 115 Å². The molecule has 0 radical (unpaired) electrons. The monoisotopic (exact) mass is 1230 g/mol. The lowest BCUT2D eigenvalue weighted by molar-refractivity contribution is -0.683. The molecule has 0 atom stereocenters. The summed E-state index contributed by atoms with van der Waals surface area (Å²) < 4.78 is 343. The summed E-state index contributed by atoms with van der Waals surface area (Å²) in [5.74, 6) is 0.363. The molecule has 0 aliphatic heterocycles. The van der Waals surface area contributed by atoms with Crippen molar-refractivity contribution in [1.82, 2.24) is 0 Å². The summed E-state index contributed by atoms with van der Waals surface area (Å²) in [6.45, 7) is 0.349. The van der Waals surface area contributed by atoms with Crippen molar-refractivity contribution >= 4 is 33.8 Å². The third-order valence-corrected chi connectivity index (χ3v) is 13.9. The Hall–Kier alpha value is -8.26. The van der Waals surface area contributed by atoms with Crippen molar-refractivity contribution in [2.45, 2.75) is 61.9 Å². The van der Waals surface area contributed by atoms with E-state index in [0.29, 0.717) is 6.54 Å². The number of Topliss-reactive ketones (excluding diaryl/α,β-unsaturated/α-hetero) is 1. The summed E-state index contributed by atoms with van der Waals surface area (Å²) >= 11 is 0. The topological polar surface area (TPSA) is 20.9 Å². The van der Waals surface area contributed by atoms with Gasteiger partial charge in [0.05, 0.1) is 44.5 Å². The number of benzene rings is 7. The van der Waals surface area contributed by atoms with Crippen LogP contribution in [0.3, 0.4) is 0 Å². The van der Waals surface area contributed by atoms with Crippen molar-refractivity contribution in [3.8, 4) is 11.1 Å². The molecule has 0 bridgehead atoms. The fourth-order valence-corrected chi connectivity index (χ4v) is 10.2. The van der Waals surface area contributed by atoms with Crippen LogP contribution in [0, 0.1) is 0 Å². The highest BCUT2D eigenvalue weighted by Crippen LogP contribution is 2.48. The minimum atomic E-state index is -6.13. The molecule has 0 unspecified atom stereocenters. The molecule has 446 valence electrons. The van der Waals surface area contributed by atoms with Crippen LogP contribution in [0.1, 0.15) is 77.5 Å². The van der Waals surface area contributed by atoms with Crippen LogP contribution in [-0.4, -0.2) is 11.9 Å². The number of hydrogen-bond acceptors (Lipinski definition) is 1. The third kappa shape index (κ3) is 13.3. The van der Waals surface area contributed by atoms with Gasteiger partial charge in [-0.2, -0.15) is 132 Å². The van der Waals surface area contributed by atoms with Gasteiger partial charge in [-0.1, -0.05) is 127 Å². The van der Waals surface area contributed by atoms with Gasteiger partial charge in [0, 0.05) is 23.6 Å². The van der Waals surface area contributed by atoms with Crippen LogP contribution in [0.2, 0.25) is 0 Å². The molecule has 0 amide bonds. The summed E-state index contributed by atoms with van der Waals surface area (Å²) in [5.41, 5.74) is -22.9. The van der Waals surface area contributed by atoms with E-state index in [2.05, 4.69) is 60.7 Å². The molecule has 9 rings (SSSR count). The van der Waals surface area contributed by atoms with E-state index in [1.807, 2.05) is 47.3 Å². The van der Waals surface area contributed by atoms with Crippen LogP contribution in [-0.2, 0) is 56.0 Å². The summed E-state index contributed by atoms with van der Waals surface area (Å²) in [5, 5.41) is 0. The molecular weight excluding hydrogens is 1190 g/mol. The van der Waals surface area contributed by atoms with E-state index < -0.39 is 195 Å². The molecule has 1 aliphatic rings. The molecular formula is C58H32BF24NO. The number of ketones is 1. The minimum absolute atomic E-state index is 0.120. The molecule has 7 aromatic carbocycles. The molecule has 8 aromatic rings. The van der Waals surface area contributed by atoms with E-state index >= 15 is 0 Å². The summed E-state index contributed by atoms with van der Waals surface area (Å²) in [6, 6.07) is 22.2. The number of carbonyl (C=O) groups excluding carboxylic acids is 1. The van der Waals surface area contributed by atoms with Gasteiger partial charge in [0.25, 0.3) is 0 Å². The maximum absolute atomic E-state index is 14.2. The Kier molecular flexibility index (Phi) is 16.2. The number of nitrogens with zero attached hydrogens (tertiary/aromatic N) is 1. The number of hydrogen-bond donors (Lipinski definition) is 0. The van der Waals surface area contributed by atoms with Crippen LogP contribution < -0.4 is 26.4 Å². The van der Waals surface area contributed by atoms with E-state index in [0.717, 1.165) is 5.56 Å². The van der Waals surface area contributed by atoms with Gasteiger partial charge < -0.3 is 0 Å². The molecule has 2 nitrogen and oxygen atoms in total. The van der Waals surface area contributed by atoms with E-state index in [9.17, 15) is 110 Å². The maximum Gasteiger partial charge on any atom is 0.416 e. The summed E-state index contributed by atoms with van der Waals surface area (Å²) in [6.07, 6.45) is -50.8. The van der Waals surface area contributed by atoms with Crippen molar-refractivity contribution in [2.24, 2.45) is 0 Å². The molecule has 1 aliphatic carbocycles. The number of pyridine rings is 1. The average Bonchev–Trinajstić information content (AvgIpc) is 1.21. The summed E-state index contributed by atoms with van der Waals surface area (Å²) in [7, 11) is 0. The molecule has 0 fully saturated rings. The van der Waals surface area contributed by atoms with Gasteiger partial charge in [0.2, 0.25) is 12.3 Å². The Balaban J connectivity index is 0.000000276. The predicted octanol–water partition coefficient (Wildman–Crippen LogP) is 16.2. The van der Waals surface area contributed by atoms with Gasteiger partial charge in [0.15, 0.2) is 12.4 Å². The number of rotatable bonds is 8. The first kappa shape index (κ1) is 62.8. The average molecular weight is 1230 g/mol. The predicted molar refractivity (Wildman–Crippen MR) is 260 cm³/mol. The Morgan fingerprint density at radius 1 is 0.329 bits per heavy atom. The molecule has 27 heteroatoms. The zero-order valence-corrected chi connectivity index (χ0v) is 42.0. The Morgan fingerprint density at radius 3 is 0.835 bits per heavy atom. The van der Waals surface area contributed by atoms with E-state index in [4.69, 9.17) is 0 Å². The highest BCUT2D eigenvalue weighted by molar-refractivity contribution is 7.20. The Bertz CT molecular complexity index is 3290. The number of alkyl halides is 24.